The smallest absolute Gasteiger partial charge is 0.326 e. The fraction of sp³-hybridized carbons (Fsp3) is 0.385. The summed E-state index contributed by atoms with van der Waals surface area (Å²) in [5, 5.41) is 21.9. The van der Waals surface area contributed by atoms with E-state index in [1.807, 2.05) is 0 Å². The van der Waals surface area contributed by atoms with Gasteiger partial charge in [0.05, 0.1) is 10.7 Å². The molecule has 1 rings (SSSR count). The number of rotatable bonds is 7. The largest absolute Gasteiger partial charge is 0.480 e. The average molecular weight is 312 g/mol. The monoisotopic (exact) mass is 312 g/mol. The van der Waals surface area contributed by atoms with Crippen molar-refractivity contribution in [1.82, 2.24) is 5.32 Å². The Labute approximate surface area is 125 Å². The zero-order chi connectivity index (χ0) is 16.0. The zero-order valence-corrected chi connectivity index (χ0v) is 12.4. The van der Waals surface area contributed by atoms with E-state index in [0.717, 1.165) is 0 Å². The molecule has 0 aromatic heterocycles. The van der Waals surface area contributed by atoms with Crippen LogP contribution in [0.4, 0.5) is 5.69 Å². The molecule has 0 saturated carbocycles. The van der Waals surface area contributed by atoms with Crippen LogP contribution < -0.4 is 5.32 Å². The summed E-state index contributed by atoms with van der Waals surface area (Å²) in [5.41, 5.74) is -0.0189. The number of thioether (sulfide) groups is 1. The van der Waals surface area contributed by atoms with Gasteiger partial charge in [0.2, 0.25) is 5.91 Å². The predicted octanol–water partition coefficient (Wildman–Crippen LogP) is 1.91. The Bertz CT molecular complexity index is 530. The fourth-order valence-corrected chi connectivity index (χ4v) is 2.25. The highest BCUT2D eigenvalue weighted by Gasteiger charge is 2.23. The second kappa shape index (κ2) is 7.63. The average Bonchev–Trinajstić information content (AvgIpc) is 2.42. The molecule has 2 N–H and O–H groups in total. The number of carbonyl (C=O) groups excluding carboxylic acids is 1. The van der Waals surface area contributed by atoms with Crippen LogP contribution in [0.1, 0.15) is 13.8 Å². The number of carboxylic acid groups (broad SMARTS) is 1. The number of hydrogen-bond acceptors (Lipinski definition) is 5. The maximum atomic E-state index is 11.7. The van der Waals surface area contributed by atoms with Gasteiger partial charge in [-0.25, -0.2) is 4.79 Å². The minimum Gasteiger partial charge on any atom is -0.480 e. The van der Waals surface area contributed by atoms with Gasteiger partial charge in [-0.05, 0) is 18.1 Å². The number of nitrogens with one attached hydrogen (secondary N) is 1. The number of aliphatic carboxylic acids is 1. The molecule has 0 bridgehead atoms. The van der Waals surface area contributed by atoms with Crippen molar-refractivity contribution in [2.45, 2.75) is 24.8 Å². The summed E-state index contributed by atoms with van der Waals surface area (Å²) in [7, 11) is 0. The Morgan fingerprint density at radius 2 is 1.90 bits per heavy atom. The standard InChI is InChI=1S/C13H16N2O5S/c1-8(2)12(13(17)18)14-11(16)7-21-10-5-3-9(4-6-10)15(19)20/h3-6,8,12H,7H2,1-2H3,(H,14,16)(H,17,18)/t12-/m1/s1. The Kier molecular flexibility index (Phi) is 6.16. The van der Waals surface area contributed by atoms with E-state index in [2.05, 4.69) is 5.32 Å². The number of carbonyl (C=O) groups is 2. The lowest BCUT2D eigenvalue weighted by molar-refractivity contribution is -0.384. The Hall–Kier alpha value is -2.09. The molecule has 0 heterocycles. The molecule has 1 amide bonds. The van der Waals surface area contributed by atoms with E-state index < -0.39 is 16.9 Å². The molecule has 0 radical (unpaired) electrons. The van der Waals surface area contributed by atoms with E-state index in [1.165, 1.54) is 23.9 Å². The molecule has 0 aliphatic carbocycles. The predicted molar refractivity (Wildman–Crippen MR) is 78.2 cm³/mol. The molecule has 1 aromatic rings. The van der Waals surface area contributed by atoms with Crippen molar-refractivity contribution < 1.29 is 19.6 Å². The normalized spacial score (nSPS) is 12.0. The lowest BCUT2D eigenvalue weighted by atomic mass is 10.1. The van der Waals surface area contributed by atoms with Crippen LogP contribution in [0, 0.1) is 16.0 Å². The Morgan fingerprint density at radius 1 is 1.33 bits per heavy atom. The van der Waals surface area contributed by atoms with Crippen molar-refractivity contribution >= 4 is 29.3 Å². The molecule has 114 valence electrons. The summed E-state index contributed by atoms with van der Waals surface area (Å²) < 4.78 is 0. The molecule has 0 aliphatic heterocycles. The molecule has 1 atom stereocenters. The minimum atomic E-state index is -1.07. The second-order valence-electron chi connectivity index (χ2n) is 4.67. The van der Waals surface area contributed by atoms with E-state index in [9.17, 15) is 19.7 Å². The van der Waals surface area contributed by atoms with Crippen molar-refractivity contribution in [3.8, 4) is 0 Å². The van der Waals surface area contributed by atoms with Gasteiger partial charge in [0.25, 0.3) is 5.69 Å². The lowest BCUT2D eigenvalue weighted by Gasteiger charge is -2.17. The third-order valence-electron chi connectivity index (χ3n) is 2.67. The number of nitro groups is 1. The number of nitro benzene ring substituents is 1. The molecule has 0 aliphatic rings. The van der Waals surface area contributed by atoms with E-state index >= 15 is 0 Å². The van der Waals surface area contributed by atoms with Crippen LogP contribution in [-0.2, 0) is 9.59 Å². The number of benzene rings is 1. The van der Waals surface area contributed by atoms with Crippen LogP contribution in [0.2, 0.25) is 0 Å². The van der Waals surface area contributed by atoms with Crippen LogP contribution in [-0.4, -0.2) is 33.7 Å². The molecule has 0 saturated heterocycles. The Morgan fingerprint density at radius 3 is 2.33 bits per heavy atom. The number of hydrogen-bond donors (Lipinski definition) is 2. The van der Waals surface area contributed by atoms with Gasteiger partial charge in [0.15, 0.2) is 0 Å². The highest BCUT2D eigenvalue weighted by molar-refractivity contribution is 8.00. The topological polar surface area (TPSA) is 110 Å². The van der Waals surface area contributed by atoms with E-state index in [-0.39, 0.29) is 23.3 Å². The molecular formula is C13H16N2O5S. The summed E-state index contributed by atoms with van der Waals surface area (Å²) in [6.07, 6.45) is 0. The highest BCUT2D eigenvalue weighted by atomic mass is 32.2. The van der Waals surface area contributed by atoms with Crippen molar-refractivity contribution in [2.75, 3.05) is 5.75 Å². The highest BCUT2D eigenvalue weighted by Crippen LogP contribution is 2.21. The van der Waals surface area contributed by atoms with Crippen LogP contribution in [0.5, 0.6) is 0 Å². The zero-order valence-electron chi connectivity index (χ0n) is 11.6. The van der Waals surface area contributed by atoms with Gasteiger partial charge >= 0.3 is 5.97 Å². The van der Waals surface area contributed by atoms with Crippen LogP contribution >= 0.6 is 11.8 Å². The lowest BCUT2D eigenvalue weighted by Crippen LogP contribution is -2.45. The first-order valence-corrected chi connectivity index (χ1v) is 7.19. The number of carboxylic acids is 1. The minimum absolute atomic E-state index is 0.0189. The summed E-state index contributed by atoms with van der Waals surface area (Å²) in [4.78, 5) is 33.4. The summed E-state index contributed by atoms with van der Waals surface area (Å²) >= 11 is 1.19. The molecule has 0 fully saturated rings. The SMILES string of the molecule is CC(C)[C@@H](NC(=O)CSc1ccc([N+](=O)[O-])cc1)C(=O)O. The van der Waals surface area contributed by atoms with Gasteiger partial charge in [-0.2, -0.15) is 0 Å². The third-order valence-corrected chi connectivity index (χ3v) is 3.68. The number of nitrogens with zero attached hydrogens (tertiary/aromatic N) is 1. The van der Waals surface area contributed by atoms with Crippen molar-refractivity contribution in [2.24, 2.45) is 5.92 Å². The van der Waals surface area contributed by atoms with Crippen molar-refractivity contribution in [3.05, 3.63) is 34.4 Å². The van der Waals surface area contributed by atoms with E-state index in [0.29, 0.717) is 4.90 Å². The van der Waals surface area contributed by atoms with Crippen molar-refractivity contribution in [3.63, 3.8) is 0 Å². The van der Waals surface area contributed by atoms with Crippen LogP contribution in [0.3, 0.4) is 0 Å². The van der Waals surface area contributed by atoms with Gasteiger partial charge in [0, 0.05) is 17.0 Å². The number of non-ortho nitro benzene ring substituents is 1. The van der Waals surface area contributed by atoms with Gasteiger partial charge in [-0.3, -0.25) is 14.9 Å². The molecule has 21 heavy (non-hydrogen) atoms. The van der Waals surface area contributed by atoms with Crippen molar-refractivity contribution in [1.29, 1.82) is 0 Å². The molecule has 8 heteroatoms. The summed E-state index contributed by atoms with van der Waals surface area (Å²) in [6.45, 7) is 3.42. The molecule has 7 nitrogen and oxygen atoms in total. The molecule has 0 spiro atoms. The van der Waals surface area contributed by atoms with Crippen LogP contribution in [0.15, 0.2) is 29.2 Å². The van der Waals surface area contributed by atoms with E-state index in [1.54, 1.807) is 26.0 Å². The Balaban J connectivity index is 2.52. The van der Waals surface area contributed by atoms with Gasteiger partial charge in [-0.15, -0.1) is 11.8 Å². The first-order chi connectivity index (χ1) is 9.81. The second-order valence-corrected chi connectivity index (χ2v) is 5.72. The molecular weight excluding hydrogens is 296 g/mol. The van der Waals surface area contributed by atoms with E-state index in [4.69, 9.17) is 5.11 Å². The quantitative estimate of drug-likeness (QED) is 0.452. The summed E-state index contributed by atoms with van der Waals surface area (Å²) in [6, 6.07) is 4.89. The first kappa shape index (κ1) is 17.0. The molecule has 0 unspecified atom stereocenters. The van der Waals surface area contributed by atoms with Gasteiger partial charge < -0.3 is 10.4 Å². The molecule has 1 aromatic carbocycles. The fourth-order valence-electron chi connectivity index (χ4n) is 1.54. The maximum absolute atomic E-state index is 11.7. The first-order valence-electron chi connectivity index (χ1n) is 6.20. The van der Waals surface area contributed by atoms with Crippen LogP contribution in [0.25, 0.3) is 0 Å². The summed E-state index contributed by atoms with van der Waals surface area (Å²) in [5.74, 6) is -1.62. The van der Waals surface area contributed by atoms with Gasteiger partial charge in [0.1, 0.15) is 6.04 Å². The number of amides is 1. The maximum Gasteiger partial charge on any atom is 0.326 e. The van der Waals surface area contributed by atoms with Gasteiger partial charge in [-0.1, -0.05) is 13.8 Å². The third kappa shape index (κ3) is 5.42.